The topological polar surface area (TPSA) is 65.5 Å². The number of rotatable bonds is 3. The Morgan fingerprint density at radius 1 is 1.29 bits per heavy atom. The number of hydrogen-bond donors (Lipinski definition) is 2. The van der Waals surface area contributed by atoms with Gasteiger partial charge in [0.25, 0.3) is 0 Å². The monoisotopic (exact) mass is 383 g/mol. The molecular formula is C22H33N5O. The minimum absolute atomic E-state index is 0. The Bertz CT molecular complexity index is 915. The van der Waals surface area contributed by atoms with Crippen LogP contribution in [0.25, 0.3) is 16.6 Å². The smallest absolute Gasteiger partial charge is 0.127 e. The van der Waals surface area contributed by atoms with Crippen molar-refractivity contribution in [2.75, 3.05) is 19.8 Å². The molecule has 6 nitrogen and oxygen atoms in total. The van der Waals surface area contributed by atoms with E-state index in [1.165, 1.54) is 6.42 Å². The fourth-order valence-corrected chi connectivity index (χ4v) is 3.74. The molecule has 1 saturated heterocycles. The van der Waals surface area contributed by atoms with Gasteiger partial charge in [0, 0.05) is 26.0 Å². The molecule has 28 heavy (non-hydrogen) atoms. The van der Waals surface area contributed by atoms with Crippen LogP contribution in [-0.2, 0) is 0 Å². The van der Waals surface area contributed by atoms with E-state index in [1.807, 2.05) is 26.0 Å². The summed E-state index contributed by atoms with van der Waals surface area (Å²) in [6.07, 6.45) is 5.63. The Morgan fingerprint density at radius 2 is 2.11 bits per heavy atom. The molecule has 3 heterocycles. The van der Waals surface area contributed by atoms with Crippen molar-refractivity contribution in [1.82, 2.24) is 20.4 Å². The van der Waals surface area contributed by atoms with Crippen LogP contribution < -0.4 is 10.1 Å². The van der Waals surface area contributed by atoms with Crippen molar-refractivity contribution in [3.8, 4) is 5.75 Å². The lowest BCUT2D eigenvalue weighted by Gasteiger charge is -2.22. The average molecular weight is 384 g/mol. The SMILES string of the molecule is CC.CC1CCN(C2=NCNC(c3n[nH]c4ccc(OC5(C)CC5)cc34)=C2)C1.[HH]. The first-order valence-electron chi connectivity index (χ1n) is 10.5. The molecule has 1 aromatic heterocycles. The Kier molecular flexibility index (Phi) is 5.04. The minimum Gasteiger partial charge on any atom is -0.488 e. The van der Waals surface area contributed by atoms with E-state index in [-0.39, 0.29) is 7.03 Å². The van der Waals surface area contributed by atoms with Gasteiger partial charge in [-0.25, -0.2) is 4.99 Å². The molecular weight excluding hydrogens is 350 g/mol. The molecule has 6 heteroatoms. The maximum atomic E-state index is 6.13. The highest BCUT2D eigenvalue weighted by atomic mass is 16.5. The summed E-state index contributed by atoms with van der Waals surface area (Å²) >= 11 is 0. The van der Waals surface area contributed by atoms with Gasteiger partial charge >= 0.3 is 0 Å². The van der Waals surface area contributed by atoms with Gasteiger partial charge in [0.15, 0.2) is 0 Å². The quantitative estimate of drug-likeness (QED) is 0.824. The highest BCUT2D eigenvalue weighted by molar-refractivity contribution is 6.03. The summed E-state index contributed by atoms with van der Waals surface area (Å²) in [5.41, 5.74) is 3.00. The third-order valence-electron chi connectivity index (χ3n) is 5.64. The zero-order chi connectivity index (χ0) is 19.7. The number of likely N-dealkylation sites (tertiary alicyclic amines) is 1. The molecule has 1 saturated carbocycles. The molecule has 1 atom stereocenters. The lowest BCUT2D eigenvalue weighted by Crippen LogP contribution is -2.32. The molecule has 1 unspecified atom stereocenters. The van der Waals surface area contributed by atoms with Gasteiger partial charge in [-0.15, -0.1) is 0 Å². The van der Waals surface area contributed by atoms with Gasteiger partial charge in [-0.1, -0.05) is 20.8 Å². The van der Waals surface area contributed by atoms with Crippen LogP contribution in [-0.4, -0.2) is 46.3 Å². The molecule has 1 aliphatic carbocycles. The standard InChI is InChI=1S/C20H25N5O.C2H6.H2/c1-13-5-8-25(11-13)18-10-17(21-12-22-18)19-15-9-14(26-20(2)6-7-20)3-4-16(15)23-24-19;1-2;/h3-4,9-10,13,21H,5-8,11-12H2,1-2H3,(H,23,24);1-2H3;1H. The van der Waals surface area contributed by atoms with Crippen LogP contribution in [0.3, 0.4) is 0 Å². The maximum Gasteiger partial charge on any atom is 0.127 e. The summed E-state index contributed by atoms with van der Waals surface area (Å²) in [7, 11) is 0. The third kappa shape index (κ3) is 3.73. The van der Waals surface area contributed by atoms with E-state index in [9.17, 15) is 0 Å². The van der Waals surface area contributed by atoms with E-state index < -0.39 is 0 Å². The summed E-state index contributed by atoms with van der Waals surface area (Å²) in [6, 6.07) is 6.17. The lowest BCUT2D eigenvalue weighted by atomic mass is 10.1. The summed E-state index contributed by atoms with van der Waals surface area (Å²) in [5, 5.41) is 12.2. The number of fused-ring (bicyclic) bond motifs is 1. The number of amidine groups is 1. The predicted octanol–water partition coefficient (Wildman–Crippen LogP) is 4.41. The molecule has 5 rings (SSSR count). The van der Waals surface area contributed by atoms with Gasteiger partial charge in [0.2, 0.25) is 0 Å². The van der Waals surface area contributed by atoms with Crippen molar-refractivity contribution in [3.05, 3.63) is 30.0 Å². The zero-order valence-corrected chi connectivity index (χ0v) is 17.4. The fraction of sp³-hybridized carbons (Fsp3) is 0.545. The number of hydrogen-bond acceptors (Lipinski definition) is 5. The van der Waals surface area contributed by atoms with E-state index in [0.29, 0.717) is 6.67 Å². The number of aromatic nitrogens is 2. The first-order valence-corrected chi connectivity index (χ1v) is 10.5. The number of benzene rings is 1. The number of nitrogens with zero attached hydrogens (tertiary/aromatic N) is 3. The summed E-state index contributed by atoms with van der Waals surface area (Å²) in [6.45, 7) is 11.2. The van der Waals surface area contributed by atoms with Crippen LogP contribution in [0.15, 0.2) is 29.3 Å². The Balaban J connectivity index is 0.000000778. The van der Waals surface area contributed by atoms with Gasteiger partial charge in [0.05, 0.1) is 11.2 Å². The highest BCUT2D eigenvalue weighted by Crippen LogP contribution is 2.40. The average Bonchev–Trinajstić information content (AvgIpc) is 3.09. The van der Waals surface area contributed by atoms with Crippen molar-refractivity contribution in [3.63, 3.8) is 0 Å². The van der Waals surface area contributed by atoms with E-state index in [1.54, 1.807) is 0 Å². The predicted molar refractivity (Wildman–Crippen MR) is 117 cm³/mol. The van der Waals surface area contributed by atoms with E-state index in [2.05, 4.69) is 51.4 Å². The molecule has 2 aromatic rings. The van der Waals surface area contributed by atoms with Crippen LogP contribution in [0.4, 0.5) is 0 Å². The number of nitrogens with one attached hydrogen (secondary N) is 2. The van der Waals surface area contributed by atoms with E-state index in [4.69, 9.17) is 4.74 Å². The first kappa shape index (κ1) is 18.8. The first-order chi connectivity index (χ1) is 13.6. The van der Waals surface area contributed by atoms with Gasteiger partial charge in [0.1, 0.15) is 29.5 Å². The molecule has 2 N–H and O–H groups in total. The number of aromatic amines is 1. The lowest BCUT2D eigenvalue weighted by molar-refractivity contribution is 0.200. The van der Waals surface area contributed by atoms with Gasteiger partial charge in [-0.3, -0.25) is 5.10 Å². The van der Waals surface area contributed by atoms with E-state index in [0.717, 1.165) is 65.7 Å². The second kappa shape index (κ2) is 7.49. The normalized spacial score (nSPS) is 22.7. The van der Waals surface area contributed by atoms with Crippen molar-refractivity contribution in [2.45, 2.75) is 52.6 Å². The second-order valence-corrected chi connectivity index (χ2v) is 8.08. The minimum atomic E-state index is 0. The van der Waals surface area contributed by atoms with Crippen LogP contribution >= 0.6 is 0 Å². The summed E-state index contributed by atoms with van der Waals surface area (Å²) in [4.78, 5) is 7.03. The number of aliphatic imine (C=N–C) groups is 1. The highest BCUT2D eigenvalue weighted by Gasteiger charge is 2.40. The van der Waals surface area contributed by atoms with Crippen molar-refractivity contribution >= 4 is 22.4 Å². The molecule has 1 aromatic carbocycles. The molecule has 0 radical (unpaired) electrons. The van der Waals surface area contributed by atoms with Crippen LogP contribution in [0.5, 0.6) is 5.75 Å². The molecule has 2 aliphatic heterocycles. The van der Waals surface area contributed by atoms with Crippen molar-refractivity contribution < 1.29 is 6.16 Å². The van der Waals surface area contributed by atoms with E-state index >= 15 is 0 Å². The summed E-state index contributed by atoms with van der Waals surface area (Å²) < 4.78 is 6.13. The van der Waals surface area contributed by atoms with Gasteiger partial charge in [-0.05, 0) is 50.3 Å². The molecule has 0 spiro atoms. The molecule has 0 bridgehead atoms. The molecule has 152 valence electrons. The largest absolute Gasteiger partial charge is 0.488 e. The number of ether oxygens (including phenoxy) is 1. The van der Waals surface area contributed by atoms with Gasteiger partial charge in [-0.2, -0.15) is 5.10 Å². The van der Waals surface area contributed by atoms with Crippen LogP contribution in [0.2, 0.25) is 0 Å². The van der Waals surface area contributed by atoms with Gasteiger partial charge < -0.3 is 15.0 Å². The van der Waals surface area contributed by atoms with Crippen molar-refractivity contribution in [2.24, 2.45) is 10.9 Å². The Hall–Kier alpha value is -2.50. The summed E-state index contributed by atoms with van der Waals surface area (Å²) in [5.74, 6) is 2.72. The van der Waals surface area contributed by atoms with Crippen molar-refractivity contribution in [1.29, 1.82) is 0 Å². The third-order valence-corrected chi connectivity index (χ3v) is 5.64. The fourth-order valence-electron chi connectivity index (χ4n) is 3.74. The molecule has 2 fully saturated rings. The second-order valence-electron chi connectivity index (χ2n) is 8.08. The Labute approximate surface area is 168 Å². The Morgan fingerprint density at radius 3 is 2.82 bits per heavy atom. The van der Waals surface area contributed by atoms with Crippen LogP contribution in [0.1, 0.15) is 54.1 Å². The maximum absolute atomic E-state index is 6.13. The van der Waals surface area contributed by atoms with Crippen LogP contribution in [0, 0.1) is 5.92 Å². The zero-order valence-electron chi connectivity index (χ0n) is 17.4. The molecule has 0 amide bonds. The number of H-pyrrole nitrogens is 1. The molecule has 3 aliphatic rings.